The summed E-state index contributed by atoms with van der Waals surface area (Å²) >= 11 is 0. The lowest BCUT2D eigenvalue weighted by Crippen LogP contribution is -2.47. The molecule has 29 heavy (non-hydrogen) atoms. The molecule has 0 aliphatic carbocycles. The molecule has 8 nitrogen and oxygen atoms in total. The molecule has 1 aromatic carbocycles. The second-order valence-electron chi connectivity index (χ2n) is 6.89. The van der Waals surface area contributed by atoms with Crippen LogP contribution in [0.15, 0.2) is 61.2 Å². The Morgan fingerprint density at radius 1 is 0.897 bits per heavy atom. The van der Waals surface area contributed by atoms with E-state index in [0.717, 1.165) is 43.5 Å². The molecule has 1 aliphatic rings. The molecule has 0 saturated carbocycles. The van der Waals surface area contributed by atoms with Crippen molar-refractivity contribution in [3.63, 3.8) is 0 Å². The first-order chi connectivity index (χ1) is 14.2. The molecule has 0 bridgehead atoms. The van der Waals surface area contributed by atoms with Gasteiger partial charge in [-0.1, -0.05) is 30.3 Å². The highest BCUT2D eigenvalue weighted by atomic mass is 16.1. The van der Waals surface area contributed by atoms with Crippen LogP contribution < -0.4 is 15.1 Å². The summed E-state index contributed by atoms with van der Waals surface area (Å²) < 4.78 is 0. The van der Waals surface area contributed by atoms with Crippen molar-refractivity contribution in [2.24, 2.45) is 0 Å². The minimum absolute atomic E-state index is 0.0986. The monoisotopic (exact) mass is 389 g/mol. The zero-order valence-electron chi connectivity index (χ0n) is 16.3. The van der Waals surface area contributed by atoms with E-state index in [2.05, 4.69) is 35.1 Å². The molecule has 0 radical (unpaired) electrons. The van der Waals surface area contributed by atoms with Gasteiger partial charge in [-0.15, -0.1) is 0 Å². The van der Waals surface area contributed by atoms with Gasteiger partial charge in [0.25, 0.3) is 5.91 Å². The molecule has 3 aromatic rings. The molecule has 148 valence electrons. The molecule has 1 atom stereocenters. The molecule has 3 heterocycles. The van der Waals surface area contributed by atoms with E-state index in [9.17, 15) is 4.79 Å². The van der Waals surface area contributed by atoms with Crippen molar-refractivity contribution >= 4 is 17.7 Å². The van der Waals surface area contributed by atoms with Gasteiger partial charge in [0, 0.05) is 38.6 Å². The molecule has 8 heteroatoms. The molecule has 4 rings (SSSR count). The number of aromatic nitrogens is 4. The van der Waals surface area contributed by atoms with Crippen LogP contribution in [0.1, 0.15) is 29.0 Å². The minimum Gasteiger partial charge on any atom is -0.352 e. The summed E-state index contributed by atoms with van der Waals surface area (Å²) in [5.41, 5.74) is 1.36. The molecule has 1 amide bonds. The van der Waals surface area contributed by atoms with Crippen molar-refractivity contribution < 1.29 is 4.79 Å². The number of rotatable bonds is 5. The fourth-order valence-electron chi connectivity index (χ4n) is 3.29. The van der Waals surface area contributed by atoms with Crippen molar-refractivity contribution in [2.45, 2.75) is 13.0 Å². The highest BCUT2D eigenvalue weighted by Gasteiger charge is 2.20. The lowest BCUT2D eigenvalue weighted by Gasteiger charge is -2.35. The number of carbonyl (C=O) groups is 1. The quantitative estimate of drug-likeness (QED) is 0.715. The topological polar surface area (TPSA) is 87.1 Å². The first-order valence-corrected chi connectivity index (χ1v) is 9.65. The highest BCUT2D eigenvalue weighted by molar-refractivity contribution is 5.92. The maximum atomic E-state index is 12.5. The van der Waals surface area contributed by atoms with E-state index in [1.165, 1.54) is 6.20 Å². The molecule has 1 unspecified atom stereocenters. The van der Waals surface area contributed by atoms with Crippen LogP contribution in [0.4, 0.5) is 11.8 Å². The number of anilines is 2. The summed E-state index contributed by atoms with van der Waals surface area (Å²) in [7, 11) is 0. The van der Waals surface area contributed by atoms with Gasteiger partial charge in [0.2, 0.25) is 5.95 Å². The number of hydrogen-bond acceptors (Lipinski definition) is 7. The van der Waals surface area contributed by atoms with Crippen molar-refractivity contribution in [1.29, 1.82) is 0 Å². The highest BCUT2D eigenvalue weighted by Crippen LogP contribution is 2.16. The normalized spacial score (nSPS) is 15.1. The summed E-state index contributed by atoms with van der Waals surface area (Å²) in [6.07, 6.45) is 6.71. The van der Waals surface area contributed by atoms with Gasteiger partial charge < -0.3 is 15.1 Å². The number of nitrogens with zero attached hydrogens (tertiary/aromatic N) is 6. The SMILES string of the molecule is CC(NC(=O)c1cnc(N2CCN(c3ncccn3)CC2)cn1)c1ccccc1. The van der Waals surface area contributed by atoms with E-state index in [1.807, 2.05) is 43.3 Å². The molecule has 2 aromatic heterocycles. The molecule has 0 spiro atoms. The zero-order valence-corrected chi connectivity index (χ0v) is 16.3. The summed E-state index contributed by atoms with van der Waals surface area (Å²) in [5, 5.41) is 2.96. The Balaban J connectivity index is 1.34. The fraction of sp³-hybridized carbons (Fsp3) is 0.286. The Hall–Kier alpha value is -3.55. The Kier molecular flexibility index (Phi) is 5.60. The van der Waals surface area contributed by atoms with Crippen molar-refractivity contribution in [1.82, 2.24) is 25.3 Å². The van der Waals surface area contributed by atoms with E-state index in [-0.39, 0.29) is 11.9 Å². The van der Waals surface area contributed by atoms with E-state index in [4.69, 9.17) is 0 Å². The van der Waals surface area contributed by atoms with E-state index >= 15 is 0 Å². The molecular weight excluding hydrogens is 366 g/mol. The summed E-state index contributed by atoms with van der Waals surface area (Å²) in [6, 6.07) is 11.5. The standard InChI is InChI=1S/C21H23N7O/c1-16(17-6-3-2-4-7-17)26-20(29)18-14-25-19(15-24-18)27-10-12-28(13-11-27)21-22-8-5-9-23-21/h2-9,14-16H,10-13H2,1H3,(H,26,29). The van der Waals surface area contributed by atoms with Crippen LogP contribution in [0.25, 0.3) is 0 Å². The fourth-order valence-corrected chi connectivity index (χ4v) is 3.29. The van der Waals surface area contributed by atoms with Crippen LogP contribution in [-0.2, 0) is 0 Å². The lowest BCUT2D eigenvalue weighted by molar-refractivity contribution is 0.0934. The zero-order chi connectivity index (χ0) is 20.1. The van der Waals surface area contributed by atoms with Gasteiger partial charge in [-0.05, 0) is 18.6 Å². The van der Waals surface area contributed by atoms with Gasteiger partial charge in [-0.2, -0.15) is 0 Å². The van der Waals surface area contributed by atoms with Crippen LogP contribution in [0.2, 0.25) is 0 Å². The van der Waals surface area contributed by atoms with Crippen LogP contribution >= 0.6 is 0 Å². The van der Waals surface area contributed by atoms with Crippen LogP contribution in [0.3, 0.4) is 0 Å². The predicted molar refractivity (Wildman–Crippen MR) is 111 cm³/mol. The van der Waals surface area contributed by atoms with E-state index in [0.29, 0.717) is 5.69 Å². The third kappa shape index (κ3) is 4.48. The molecular formula is C21H23N7O. The van der Waals surface area contributed by atoms with Crippen molar-refractivity contribution in [2.75, 3.05) is 36.0 Å². The number of nitrogens with one attached hydrogen (secondary N) is 1. The third-order valence-corrected chi connectivity index (χ3v) is 4.96. The molecule has 1 saturated heterocycles. The van der Waals surface area contributed by atoms with Gasteiger partial charge in [0.1, 0.15) is 11.5 Å². The van der Waals surface area contributed by atoms with Crippen LogP contribution in [0.5, 0.6) is 0 Å². The number of piperazine rings is 1. The van der Waals surface area contributed by atoms with Gasteiger partial charge in [-0.25, -0.2) is 19.9 Å². The molecule has 1 fully saturated rings. The Morgan fingerprint density at radius 2 is 1.59 bits per heavy atom. The van der Waals surface area contributed by atoms with Gasteiger partial charge in [0.05, 0.1) is 18.4 Å². The number of benzene rings is 1. The largest absolute Gasteiger partial charge is 0.352 e. The number of hydrogen-bond donors (Lipinski definition) is 1. The van der Waals surface area contributed by atoms with Gasteiger partial charge in [0.15, 0.2) is 0 Å². The number of carbonyl (C=O) groups excluding carboxylic acids is 1. The summed E-state index contributed by atoms with van der Waals surface area (Å²) in [5.74, 6) is 1.29. The molecule has 1 aliphatic heterocycles. The predicted octanol–water partition coefficient (Wildman–Crippen LogP) is 2.08. The number of amides is 1. The maximum absolute atomic E-state index is 12.5. The summed E-state index contributed by atoms with van der Waals surface area (Å²) in [6.45, 7) is 5.16. The van der Waals surface area contributed by atoms with Gasteiger partial charge >= 0.3 is 0 Å². The van der Waals surface area contributed by atoms with E-state index < -0.39 is 0 Å². The summed E-state index contributed by atoms with van der Waals surface area (Å²) in [4.78, 5) is 34.1. The average molecular weight is 389 g/mol. The second-order valence-corrected chi connectivity index (χ2v) is 6.89. The second kappa shape index (κ2) is 8.64. The van der Waals surface area contributed by atoms with E-state index in [1.54, 1.807) is 18.6 Å². The Morgan fingerprint density at radius 3 is 2.24 bits per heavy atom. The third-order valence-electron chi connectivity index (χ3n) is 4.96. The maximum Gasteiger partial charge on any atom is 0.271 e. The van der Waals surface area contributed by atoms with Crippen LogP contribution in [0, 0.1) is 0 Å². The first kappa shape index (κ1) is 18.8. The first-order valence-electron chi connectivity index (χ1n) is 9.65. The van der Waals surface area contributed by atoms with Crippen LogP contribution in [-0.4, -0.2) is 52.0 Å². The van der Waals surface area contributed by atoms with Crippen molar-refractivity contribution in [3.05, 3.63) is 72.4 Å². The lowest BCUT2D eigenvalue weighted by atomic mass is 10.1. The molecule has 1 N–H and O–H groups in total. The smallest absolute Gasteiger partial charge is 0.271 e. The Bertz CT molecular complexity index is 926. The van der Waals surface area contributed by atoms with Gasteiger partial charge in [-0.3, -0.25) is 4.79 Å². The Labute approximate surface area is 169 Å². The average Bonchev–Trinajstić information content (AvgIpc) is 2.80. The van der Waals surface area contributed by atoms with Crippen molar-refractivity contribution in [3.8, 4) is 0 Å². The minimum atomic E-state index is -0.230.